The molecule has 3 aromatic heterocycles. The van der Waals surface area contributed by atoms with Crippen molar-refractivity contribution in [1.82, 2.24) is 24.8 Å². The van der Waals surface area contributed by atoms with Gasteiger partial charge in [0.1, 0.15) is 11.4 Å². The fourth-order valence-electron chi connectivity index (χ4n) is 3.53. The summed E-state index contributed by atoms with van der Waals surface area (Å²) in [5, 5.41) is 3.02. The van der Waals surface area contributed by atoms with Gasteiger partial charge in [0.2, 0.25) is 5.88 Å². The van der Waals surface area contributed by atoms with Gasteiger partial charge in [-0.25, -0.2) is 9.97 Å². The molecule has 0 saturated carbocycles. The van der Waals surface area contributed by atoms with Crippen molar-refractivity contribution >= 4 is 5.91 Å². The van der Waals surface area contributed by atoms with E-state index in [9.17, 15) is 9.59 Å². The van der Waals surface area contributed by atoms with Gasteiger partial charge in [-0.1, -0.05) is 0 Å². The van der Waals surface area contributed by atoms with Crippen LogP contribution < -0.4 is 15.6 Å². The summed E-state index contributed by atoms with van der Waals surface area (Å²) in [7, 11) is 1.47. The second-order valence-corrected chi connectivity index (χ2v) is 6.81. The van der Waals surface area contributed by atoms with E-state index in [4.69, 9.17) is 9.72 Å². The summed E-state index contributed by atoms with van der Waals surface area (Å²) in [6.07, 6.45) is 7.32. The van der Waals surface area contributed by atoms with E-state index in [-0.39, 0.29) is 23.4 Å². The van der Waals surface area contributed by atoms with Crippen LogP contribution in [0.15, 0.2) is 53.7 Å². The standard InChI is InChI=1S/C21H21N5O3/c1-29-21-15(5-4-9-23-21)20(28)25-16-6-2-3-12-26-18(27)13-17(24-19(16)26)14-7-10-22-11-8-14/h4-5,7-11,13,16H,2-3,6,12H2,1H3,(H,25,28). The number of pyridine rings is 2. The van der Waals surface area contributed by atoms with Crippen molar-refractivity contribution in [3.05, 3.63) is 70.7 Å². The van der Waals surface area contributed by atoms with E-state index in [0.29, 0.717) is 30.0 Å². The van der Waals surface area contributed by atoms with E-state index in [0.717, 1.165) is 18.4 Å². The highest BCUT2D eigenvalue weighted by atomic mass is 16.5. The lowest BCUT2D eigenvalue weighted by Gasteiger charge is -2.20. The summed E-state index contributed by atoms with van der Waals surface area (Å²) in [4.78, 5) is 38.5. The fourth-order valence-corrected chi connectivity index (χ4v) is 3.53. The first-order chi connectivity index (χ1) is 14.2. The molecule has 0 saturated heterocycles. The molecule has 1 N–H and O–H groups in total. The van der Waals surface area contributed by atoms with Crippen LogP contribution in [0.3, 0.4) is 0 Å². The van der Waals surface area contributed by atoms with Gasteiger partial charge in [-0.2, -0.15) is 0 Å². The molecule has 1 aliphatic heterocycles. The lowest BCUT2D eigenvalue weighted by atomic mass is 10.1. The molecule has 0 aliphatic carbocycles. The minimum atomic E-state index is -0.385. The number of aromatic nitrogens is 4. The van der Waals surface area contributed by atoms with Gasteiger partial charge in [0.15, 0.2) is 0 Å². The number of methoxy groups -OCH3 is 1. The molecule has 4 rings (SSSR count). The summed E-state index contributed by atoms with van der Waals surface area (Å²) in [6, 6.07) is 8.11. The zero-order chi connectivity index (χ0) is 20.2. The van der Waals surface area contributed by atoms with Gasteiger partial charge in [0.05, 0.1) is 18.8 Å². The highest BCUT2D eigenvalue weighted by molar-refractivity contribution is 5.96. The first-order valence-electron chi connectivity index (χ1n) is 9.49. The quantitative estimate of drug-likeness (QED) is 0.733. The Labute approximate surface area is 167 Å². The summed E-state index contributed by atoms with van der Waals surface area (Å²) in [5.74, 6) is 0.518. The number of carbonyl (C=O) groups excluding carboxylic acids is 1. The van der Waals surface area contributed by atoms with Crippen LogP contribution in [0.4, 0.5) is 0 Å². The van der Waals surface area contributed by atoms with Crippen molar-refractivity contribution < 1.29 is 9.53 Å². The summed E-state index contributed by atoms with van der Waals surface area (Å²) < 4.78 is 6.85. The zero-order valence-corrected chi connectivity index (χ0v) is 16.0. The molecule has 8 nitrogen and oxygen atoms in total. The number of rotatable bonds is 4. The van der Waals surface area contributed by atoms with Gasteiger partial charge in [-0.05, 0) is 43.5 Å². The third-order valence-electron chi connectivity index (χ3n) is 4.96. The molecule has 0 aromatic carbocycles. The normalized spacial score (nSPS) is 15.8. The Morgan fingerprint density at radius 3 is 2.83 bits per heavy atom. The van der Waals surface area contributed by atoms with Crippen molar-refractivity contribution in [3.63, 3.8) is 0 Å². The smallest absolute Gasteiger partial charge is 0.257 e. The number of ether oxygens (including phenoxy) is 1. The molecular formula is C21H21N5O3. The number of nitrogens with one attached hydrogen (secondary N) is 1. The second kappa shape index (κ2) is 8.22. The maximum absolute atomic E-state index is 12.9. The van der Waals surface area contributed by atoms with Crippen LogP contribution in [0.1, 0.15) is 41.5 Å². The van der Waals surface area contributed by atoms with Gasteiger partial charge in [0.25, 0.3) is 11.5 Å². The summed E-state index contributed by atoms with van der Waals surface area (Å²) in [5.41, 5.74) is 1.60. The minimum Gasteiger partial charge on any atom is -0.480 e. The van der Waals surface area contributed by atoms with Crippen LogP contribution in [-0.4, -0.2) is 32.5 Å². The molecule has 0 bridgehead atoms. The van der Waals surface area contributed by atoms with Crippen molar-refractivity contribution in [1.29, 1.82) is 0 Å². The lowest BCUT2D eigenvalue weighted by Crippen LogP contribution is -2.34. The Hall–Kier alpha value is -3.55. The third-order valence-corrected chi connectivity index (χ3v) is 4.96. The number of nitrogens with zero attached hydrogens (tertiary/aromatic N) is 4. The Morgan fingerprint density at radius 1 is 1.21 bits per heavy atom. The van der Waals surface area contributed by atoms with Crippen LogP contribution in [0.5, 0.6) is 5.88 Å². The molecule has 1 atom stereocenters. The maximum atomic E-state index is 12.9. The van der Waals surface area contributed by atoms with Crippen LogP contribution in [0.25, 0.3) is 11.3 Å². The Morgan fingerprint density at radius 2 is 2.03 bits per heavy atom. The fraction of sp³-hybridized carbons (Fsp3) is 0.286. The number of carbonyl (C=O) groups is 1. The number of amides is 1. The van der Waals surface area contributed by atoms with E-state index in [1.807, 2.05) is 12.1 Å². The predicted molar refractivity (Wildman–Crippen MR) is 107 cm³/mol. The average Bonchev–Trinajstić information content (AvgIpc) is 2.97. The van der Waals surface area contributed by atoms with Crippen molar-refractivity contribution in [2.24, 2.45) is 0 Å². The molecule has 1 aliphatic rings. The van der Waals surface area contributed by atoms with Crippen LogP contribution >= 0.6 is 0 Å². The van der Waals surface area contributed by atoms with Crippen molar-refractivity contribution in [2.75, 3.05) is 7.11 Å². The molecule has 148 valence electrons. The number of hydrogen-bond donors (Lipinski definition) is 1. The molecule has 0 radical (unpaired) electrons. The molecule has 4 heterocycles. The van der Waals surface area contributed by atoms with Crippen LogP contribution in [-0.2, 0) is 6.54 Å². The maximum Gasteiger partial charge on any atom is 0.257 e. The van der Waals surface area contributed by atoms with E-state index in [2.05, 4.69) is 15.3 Å². The first-order valence-corrected chi connectivity index (χ1v) is 9.49. The van der Waals surface area contributed by atoms with Gasteiger partial charge < -0.3 is 10.1 Å². The van der Waals surface area contributed by atoms with Crippen LogP contribution in [0.2, 0.25) is 0 Å². The van der Waals surface area contributed by atoms with E-state index in [1.165, 1.54) is 13.2 Å². The van der Waals surface area contributed by atoms with Gasteiger partial charge in [-0.3, -0.25) is 19.1 Å². The molecule has 8 heteroatoms. The topological polar surface area (TPSA) is 99.0 Å². The molecule has 1 unspecified atom stereocenters. The van der Waals surface area contributed by atoms with Gasteiger partial charge >= 0.3 is 0 Å². The van der Waals surface area contributed by atoms with Crippen LogP contribution in [0, 0.1) is 0 Å². The largest absolute Gasteiger partial charge is 0.480 e. The highest BCUT2D eigenvalue weighted by Crippen LogP contribution is 2.25. The summed E-state index contributed by atoms with van der Waals surface area (Å²) >= 11 is 0. The van der Waals surface area contributed by atoms with E-state index >= 15 is 0 Å². The van der Waals surface area contributed by atoms with E-state index in [1.54, 1.807) is 35.3 Å². The monoisotopic (exact) mass is 391 g/mol. The molecule has 29 heavy (non-hydrogen) atoms. The van der Waals surface area contributed by atoms with Gasteiger partial charge in [0, 0.05) is 36.8 Å². The molecule has 3 aromatic rings. The Kier molecular flexibility index (Phi) is 5.33. The Balaban J connectivity index is 1.72. The Bertz CT molecular complexity index is 1080. The van der Waals surface area contributed by atoms with Crippen molar-refractivity contribution in [2.45, 2.75) is 31.8 Å². The highest BCUT2D eigenvalue weighted by Gasteiger charge is 2.25. The molecule has 1 amide bonds. The first kappa shape index (κ1) is 18.8. The second-order valence-electron chi connectivity index (χ2n) is 6.81. The predicted octanol–water partition coefficient (Wildman–Crippen LogP) is 2.36. The minimum absolute atomic E-state index is 0.123. The lowest BCUT2D eigenvalue weighted by molar-refractivity contribution is 0.0928. The van der Waals surface area contributed by atoms with E-state index < -0.39 is 0 Å². The number of fused-ring (bicyclic) bond motifs is 1. The SMILES string of the molecule is COc1ncccc1C(=O)NC1CCCCn2c1nc(-c1ccncc1)cc2=O. The van der Waals surface area contributed by atoms with Gasteiger partial charge in [-0.15, -0.1) is 0 Å². The molecule has 0 spiro atoms. The third kappa shape index (κ3) is 3.87. The zero-order valence-electron chi connectivity index (χ0n) is 16.0. The summed E-state index contributed by atoms with van der Waals surface area (Å²) in [6.45, 7) is 0.584. The number of hydrogen-bond acceptors (Lipinski definition) is 6. The van der Waals surface area contributed by atoms with Crippen molar-refractivity contribution in [3.8, 4) is 17.1 Å². The average molecular weight is 391 g/mol. The molecular weight excluding hydrogens is 370 g/mol. The molecule has 0 fully saturated rings.